The number of imidazole rings is 1. The molecule has 4 heterocycles. The van der Waals surface area contributed by atoms with Crippen LogP contribution in [-0.2, 0) is 23.0 Å². The molecule has 33 heavy (non-hydrogen) atoms. The summed E-state index contributed by atoms with van der Waals surface area (Å²) in [7, 11) is 1.80. The summed E-state index contributed by atoms with van der Waals surface area (Å²) in [5, 5.41) is 17.5. The lowest BCUT2D eigenvalue weighted by atomic mass is 10.0. The number of nitriles is 1. The third-order valence-electron chi connectivity index (χ3n) is 6.24. The standard InChI is InChI=1S/C24H25N7O2/c1-14-12-27-30(3)24(14)29-22(32)10-21-28-20-13-26-19-5-4-16(11-25)9-18(19)23(20)31(21)17-6-7-33-15(2)8-17/h4-5,9,12-13,15,17H,6-8,10H2,1-3H3,(H,29,32)/t15-,17-/m1/s1. The molecule has 168 valence electrons. The lowest BCUT2D eigenvalue weighted by molar-refractivity contribution is -0.115. The highest BCUT2D eigenvalue weighted by molar-refractivity contribution is 6.03. The molecule has 1 saturated heterocycles. The summed E-state index contributed by atoms with van der Waals surface area (Å²) in [5.41, 5.74) is 3.89. The number of rotatable bonds is 4. The van der Waals surface area contributed by atoms with Crippen LogP contribution in [0.25, 0.3) is 21.9 Å². The number of ether oxygens (including phenoxy) is 1. The number of benzene rings is 1. The number of carbonyl (C=O) groups is 1. The Morgan fingerprint density at radius 1 is 1.33 bits per heavy atom. The van der Waals surface area contributed by atoms with Crippen molar-refractivity contribution in [1.29, 1.82) is 5.26 Å². The van der Waals surface area contributed by atoms with E-state index >= 15 is 0 Å². The van der Waals surface area contributed by atoms with Crippen molar-refractivity contribution in [3.63, 3.8) is 0 Å². The van der Waals surface area contributed by atoms with Gasteiger partial charge in [-0.2, -0.15) is 10.4 Å². The van der Waals surface area contributed by atoms with Crippen LogP contribution in [0.4, 0.5) is 5.82 Å². The van der Waals surface area contributed by atoms with E-state index in [1.807, 2.05) is 19.1 Å². The average molecular weight is 444 g/mol. The molecule has 0 aliphatic carbocycles. The van der Waals surface area contributed by atoms with E-state index in [9.17, 15) is 10.1 Å². The zero-order valence-electron chi connectivity index (χ0n) is 18.9. The Labute approximate surface area is 191 Å². The van der Waals surface area contributed by atoms with Gasteiger partial charge >= 0.3 is 0 Å². The second kappa shape index (κ2) is 8.30. The number of nitrogens with one attached hydrogen (secondary N) is 1. The lowest BCUT2D eigenvalue weighted by Crippen LogP contribution is -2.28. The maximum absolute atomic E-state index is 13.0. The summed E-state index contributed by atoms with van der Waals surface area (Å²) in [6.45, 7) is 4.62. The molecule has 0 unspecified atom stereocenters. The zero-order valence-corrected chi connectivity index (χ0v) is 18.9. The van der Waals surface area contributed by atoms with E-state index in [-0.39, 0.29) is 24.5 Å². The minimum absolute atomic E-state index is 0.114. The second-order valence-electron chi connectivity index (χ2n) is 8.62. The van der Waals surface area contributed by atoms with Crippen LogP contribution in [-0.4, -0.2) is 42.9 Å². The van der Waals surface area contributed by atoms with Crippen LogP contribution in [0.1, 0.15) is 42.8 Å². The molecule has 2 atom stereocenters. The van der Waals surface area contributed by atoms with Crippen LogP contribution < -0.4 is 5.32 Å². The highest BCUT2D eigenvalue weighted by atomic mass is 16.5. The molecule has 0 radical (unpaired) electrons. The van der Waals surface area contributed by atoms with E-state index in [4.69, 9.17) is 9.72 Å². The molecule has 0 bridgehead atoms. The van der Waals surface area contributed by atoms with Crippen molar-refractivity contribution in [2.24, 2.45) is 7.05 Å². The summed E-state index contributed by atoms with van der Waals surface area (Å²) in [6.07, 6.45) is 5.34. The number of carbonyl (C=O) groups excluding carboxylic acids is 1. The van der Waals surface area contributed by atoms with Crippen molar-refractivity contribution in [3.8, 4) is 6.07 Å². The molecule has 1 aromatic carbocycles. The minimum atomic E-state index is -0.159. The normalized spacial score (nSPS) is 18.5. The minimum Gasteiger partial charge on any atom is -0.378 e. The fourth-order valence-electron chi connectivity index (χ4n) is 4.67. The number of pyridine rings is 1. The Morgan fingerprint density at radius 3 is 2.91 bits per heavy atom. The van der Waals surface area contributed by atoms with Gasteiger partial charge in [-0.25, -0.2) is 4.98 Å². The Morgan fingerprint density at radius 2 is 2.18 bits per heavy atom. The Bertz CT molecular complexity index is 1390. The van der Waals surface area contributed by atoms with Crippen molar-refractivity contribution in [3.05, 3.63) is 47.5 Å². The maximum atomic E-state index is 13.0. The Hall–Kier alpha value is -3.77. The SMILES string of the molecule is Cc1cnn(C)c1NC(=O)Cc1nc2cnc3ccc(C#N)cc3c2n1[C@@H]1CCO[C@H](C)C1. The summed E-state index contributed by atoms with van der Waals surface area (Å²) >= 11 is 0. The summed E-state index contributed by atoms with van der Waals surface area (Å²) < 4.78 is 9.61. The van der Waals surface area contributed by atoms with Crippen LogP contribution in [0.3, 0.4) is 0 Å². The first-order valence-corrected chi connectivity index (χ1v) is 11.0. The summed E-state index contributed by atoms with van der Waals surface area (Å²) in [6, 6.07) is 7.83. The number of anilines is 1. The van der Waals surface area contributed by atoms with Gasteiger partial charge in [-0.05, 0) is 44.9 Å². The Kier molecular flexibility index (Phi) is 5.30. The van der Waals surface area contributed by atoms with Crippen molar-refractivity contribution in [1.82, 2.24) is 24.3 Å². The molecule has 9 nitrogen and oxygen atoms in total. The second-order valence-corrected chi connectivity index (χ2v) is 8.62. The number of nitrogens with zero attached hydrogens (tertiary/aromatic N) is 6. The smallest absolute Gasteiger partial charge is 0.233 e. The third kappa shape index (κ3) is 3.83. The van der Waals surface area contributed by atoms with E-state index in [0.717, 1.165) is 40.3 Å². The number of amides is 1. The molecule has 1 fully saturated rings. The van der Waals surface area contributed by atoms with Gasteiger partial charge in [0.05, 0.1) is 47.6 Å². The van der Waals surface area contributed by atoms with Gasteiger partial charge in [0.1, 0.15) is 17.2 Å². The van der Waals surface area contributed by atoms with E-state index < -0.39 is 0 Å². The first kappa shape index (κ1) is 21.1. The van der Waals surface area contributed by atoms with Crippen molar-refractivity contribution in [2.45, 2.75) is 45.3 Å². The number of aromatic nitrogens is 5. The quantitative estimate of drug-likeness (QED) is 0.517. The van der Waals surface area contributed by atoms with Crippen LogP contribution in [0, 0.1) is 18.3 Å². The van der Waals surface area contributed by atoms with Crippen LogP contribution in [0.2, 0.25) is 0 Å². The fraction of sp³-hybridized carbons (Fsp3) is 0.375. The number of hydrogen-bond donors (Lipinski definition) is 1. The molecule has 5 rings (SSSR count). The van der Waals surface area contributed by atoms with Crippen molar-refractivity contribution in [2.75, 3.05) is 11.9 Å². The number of fused-ring (bicyclic) bond motifs is 3. The predicted octanol–water partition coefficient (Wildman–Crippen LogP) is 3.42. The zero-order chi connectivity index (χ0) is 23.1. The predicted molar refractivity (Wildman–Crippen MR) is 124 cm³/mol. The van der Waals surface area contributed by atoms with E-state index in [1.165, 1.54) is 0 Å². The maximum Gasteiger partial charge on any atom is 0.233 e. The van der Waals surface area contributed by atoms with Gasteiger partial charge in [0.15, 0.2) is 0 Å². The van der Waals surface area contributed by atoms with Gasteiger partial charge in [-0.1, -0.05) is 0 Å². The highest BCUT2D eigenvalue weighted by Crippen LogP contribution is 2.34. The summed E-state index contributed by atoms with van der Waals surface area (Å²) in [4.78, 5) is 22.4. The van der Waals surface area contributed by atoms with Crippen LogP contribution in [0.5, 0.6) is 0 Å². The van der Waals surface area contributed by atoms with Crippen molar-refractivity contribution < 1.29 is 9.53 Å². The molecule has 1 N–H and O–H groups in total. The van der Waals surface area contributed by atoms with E-state index in [2.05, 4.69) is 33.0 Å². The fourth-order valence-corrected chi connectivity index (χ4v) is 4.67. The monoisotopic (exact) mass is 443 g/mol. The average Bonchev–Trinajstić information content (AvgIpc) is 3.33. The lowest BCUT2D eigenvalue weighted by Gasteiger charge is -2.30. The first-order chi connectivity index (χ1) is 15.9. The first-order valence-electron chi connectivity index (χ1n) is 11.0. The summed E-state index contributed by atoms with van der Waals surface area (Å²) in [5.74, 6) is 1.19. The molecule has 0 spiro atoms. The molecule has 1 amide bonds. The molecule has 3 aromatic heterocycles. The molecular formula is C24H25N7O2. The van der Waals surface area contributed by atoms with Gasteiger partial charge in [0.2, 0.25) is 5.91 Å². The topological polar surface area (TPSA) is 111 Å². The number of hydrogen-bond acceptors (Lipinski definition) is 6. The van der Waals surface area contributed by atoms with E-state index in [0.29, 0.717) is 23.8 Å². The van der Waals surface area contributed by atoms with Gasteiger partial charge in [0, 0.05) is 30.6 Å². The van der Waals surface area contributed by atoms with Crippen molar-refractivity contribution >= 4 is 33.7 Å². The highest BCUT2D eigenvalue weighted by Gasteiger charge is 2.27. The van der Waals surface area contributed by atoms with Crippen LogP contribution in [0.15, 0.2) is 30.6 Å². The molecule has 9 heteroatoms. The van der Waals surface area contributed by atoms with Crippen LogP contribution >= 0.6 is 0 Å². The van der Waals surface area contributed by atoms with Gasteiger partial charge < -0.3 is 14.6 Å². The number of aryl methyl sites for hydroxylation is 2. The Balaban J connectivity index is 1.63. The molecule has 0 saturated carbocycles. The molecule has 1 aliphatic rings. The largest absolute Gasteiger partial charge is 0.378 e. The van der Waals surface area contributed by atoms with Gasteiger partial charge in [-0.3, -0.25) is 14.5 Å². The molecular weight excluding hydrogens is 418 g/mol. The molecule has 4 aromatic rings. The van der Waals surface area contributed by atoms with Gasteiger partial charge in [-0.15, -0.1) is 0 Å². The van der Waals surface area contributed by atoms with E-state index in [1.54, 1.807) is 30.2 Å². The van der Waals surface area contributed by atoms with Gasteiger partial charge in [0.25, 0.3) is 0 Å². The molecule has 1 aliphatic heterocycles. The third-order valence-corrected chi connectivity index (χ3v) is 6.24.